The third-order valence-corrected chi connectivity index (χ3v) is 2.46. The number of carbonyl (C=O) groups excluding carboxylic acids is 2. The minimum absolute atomic E-state index is 0.0890. The number of carboxylic acid groups (broad SMARTS) is 1. The Bertz CT molecular complexity index is 580. The van der Waals surface area contributed by atoms with Crippen molar-refractivity contribution >= 4 is 17.7 Å². The van der Waals surface area contributed by atoms with Crippen molar-refractivity contribution in [3.8, 4) is 6.07 Å². The summed E-state index contributed by atoms with van der Waals surface area (Å²) in [5.74, 6) is -3.09. The van der Waals surface area contributed by atoms with E-state index in [1.54, 1.807) is 0 Å². The molecular formula is C13H11FN2O4. The number of hydrogen-bond donors (Lipinski definition) is 2. The molecule has 0 aliphatic heterocycles. The number of carbonyl (C=O) groups is 3. The van der Waals surface area contributed by atoms with Crippen LogP contribution < -0.4 is 5.32 Å². The predicted octanol–water partition coefficient (Wildman–Crippen LogP) is 0.670. The number of rotatable bonds is 6. The molecule has 1 unspecified atom stereocenters. The summed E-state index contributed by atoms with van der Waals surface area (Å²) >= 11 is 0. The Morgan fingerprint density at radius 2 is 2.10 bits per heavy atom. The van der Waals surface area contributed by atoms with Gasteiger partial charge in [-0.05, 0) is 18.2 Å². The van der Waals surface area contributed by atoms with Crippen molar-refractivity contribution in [2.24, 2.45) is 0 Å². The van der Waals surface area contributed by atoms with E-state index < -0.39 is 36.8 Å². The molecule has 0 fully saturated rings. The van der Waals surface area contributed by atoms with Crippen molar-refractivity contribution in [2.45, 2.75) is 12.5 Å². The molecule has 0 radical (unpaired) electrons. The summed E-state index contributed by atoms with van der Waals surface area (Å²) in [7, 11) is 0. The van der Waals surface area contributed by atoms with Gasteiger partial charge in [-0.25, -0.2) is 4.39 Å². The average Bonchev–Trinajstić information content (AvgIpc) is 2.45. The largest absolute Gasteiger partial charge is 0.481 e. The van der Waals surface area contributed by atoms with E-state index >= 15 is 0 Å². The van der Waals surface area contributed by atoms with Crippen molar-refractivity contribution in [1.29, 1.82) is 5.26 Å². The quantitative estimate of drug-likeness (QED) is 0.795. The molecule has 1 rings (SSSR count). The molecule has 2 N–H and O–H groups in total. The highest BCUT2D eigenvalue weighted by molar-refractivity contribution is 5.99. The number of Topliss-reactive ketones (excluding diaryl/α,β-unsaturated/α-hetero) is 1. The Labute approximate surface area is 113 Å². The number of benzene rings is 1. The molecule has 6 nitrogen and oxygen atoms in total. The highest BCUT2D eigenvalue weighted by Crippen LogP contribution is 2.05. The van der Waals surface area contributed by atoms with Crippen LogP contribution in [0.15, 0.2) is 24.3 Å². The van der Waals surface area contributed by atoms with Crippen LogP contribution in [-0.2, 0) is 9.59 Å². The molecular weight excluding hydrogens is 267 g/mol. The molecule has 0 heterocycles. The first kappa shape index (κ1) is 15.3. The van der Waals surface area contributed by atoms with Crippen LogP contribution in [0.2, 0.25) is 0 Å². The van der Waals surface area contributed by atoms with E-state index in [4.69, 9.17) is 10.4 Å². The maximum atomic E-state index is 12.3. The summed E-state index contributed by atoms with van der Waals surface area (Å²) in [5, 5.41) is 19.5. The number of carboxylic acids is 1. The zero-order valence-electron chi connectivity index (χ0n) is 10.3. The minimum Gasteiger partial charge on any atom is -0.481 e. The summed E-state index contributed by atoms with van der Waals surface area (Å²) in [6, 6.07) is 6.04. The molecule has 1 aromatic rings. The van der Waals surface area contributed by atoms with E-state index in [0.717, 1.165) is 0 Å². The highest BCUT2D eigenvalue weighted by atomic mass is 19.1. The monoisotopic (exact) mass is 278 g/mol. The molecule has 0 aliphatic rings. The number of amides is 1. The third-order valence-electron chi connectivity index (χ3n) is 2.46. The number of aliphatic carboxylic acids is 1. The molecule has 0 saturated heterocycles. The van der Waals surface area contributed by atoms with Crippen molar-refractivity contribution in [1.82, 2.24) is 5.32 Å². The van der Waals surface area contributed by atoms with Gasteiger partial charge in [-0.2, -0.15) is 5.26 Å². The van der Waals surface area contributed by atoms with Crippen LogP contribution in [0.25, 0.3) is 0 Å². The minimum atomic E-state index is -1.43. The molecule has 0 bridgehead atoms. The average molecular weight is 278 g/mol. The van der Waals surface area contributed by atoms with Gasteiger partial charge in [0.05, 0.1) is 18.1 Å². The zero-order chi connectivity index (χ0) is 15.1. The third kappa shape index (κ3) is 4.17. The number of nitrogens with zero attached hydrogens (tertiary/aromatic N) is 1. The van der Waals surface area contributed by atoms with E-state index in [1.807, 2.05) is 6.07 Å². The second kappa shape index (κ2) is 6.99. The molecule has 1 atom stereocenters. The predicted molar refractivity (Wildman–Crippen MR) is 65.6 cm³/mol. The Balaban J connectivity index is 2.87. The summed E-state index contributed by atoms with van der Waals surface area (Å²) in [4.78, 5) is 33.6. The van der Waals surface area contributed by atoms with Gasteiger partial charge in [0.2, 0.25) is 0 Å². The first-order valence-electron chi connectivity index (χ1n) is 5.59. The normalized spacial score (nSPS) is 11.2. The van der Waals surface area contributed by atoms with Gasteiger partial charge in [0.25, 0.3) is 5.91 Å². The van der Waals surface area contributed by atoms with Crippen LogP contribution in [0.1, 0.15) is 22.3 Å². The van der Waals surface area contributed by atoms with E-state index in [-0.39, 0.29) is 11.1 Å². The van der Waals surface area contributed by atoms with Gasteiger partial charge in [-0.1, -0.05) is 6.07 Å². The van der Waals surface area contributed by atoms with Crippen LogP contribution >= 0.6 is 0 Å². The van der Waals surface area contributed by atoms with Crippen LogP contribution in [-0.4, -0.2) is 35.5 Å². The summed E-state index contributed by atoms with van der Waals surface area (Å²) in [6.45, 7) is -1.36. The standard InChI is InChI=1S/C13H11FN2O4/c14-6-11(17)10(5-12(18)19)16-13(20)9-3-1-2-8(4-9)7-15/h1-4,10H,5-6H2,(H,16,20)(H,18,19). The Morgan fingerprint density at radius 3 is 2.65 bits per heavy atom. The van der Waals surface area contributed by atoms with E-state index in [2.05, 4.69) is 5.32 Å². The van der Waals surface area contributed by atoms with Crippen molar-refractivity contribution < 1.29 is 23.9 Å². The lowest BCUT2D eigenvalue weighted by atomic mass is 10.1. The first-order valence-corrected chi connectivity index (χ1v) is 5.59. The molecule has 0 aromatic heterocycles. The molecule has 1 amide bonds. The van der Waals surface area contributed by atoms with Crippen LogP contribution in [0.3, 0.4) is 0 Å². The molecule has 0 aliphatic carbocycles. The molecule has 1 aromatic carbocycles. The van der Waals surface area contributed by atoms with Gasteiger partial charge in [0.15, 0.2) is 5.78 Å². The summed E-state index contributed by atoms with van der Waals surface area (Å²) < 4.78 is 12.3. The number of halogens is 1. The Hall–Kier alpha value is -2.75. The van der Waals surface area contributed by atoms with E-state index in [9.17, 15) is 18.8 Å². The summed E-state index contributed by atoms with van der Waals surface area (Å²) in [6.07, 6.45) is -0.702. The Kier molecular flexibility index (Phi) is 5.35. The fraction of sp³-hybridized carbons (Fsp3) is 0.231. The van der Waals surface area contributed by atoms with Crippen LogP contribution in [0.5, 0.6) is 0 Å². The zero-order valence-corrected chi connectivity index (χ0v) is 10.3. The lowest BCUT2D eigenvalue weighted by molar-refractivity contribution is -0.139. The highest BCUT2D eigenvalue weighted by Gasteiger charge is 2.23. The number of ketones is 1. The number of nitrogens with one attached hydrogen (secondary N) is 1. The van der Waals surface area contributed by atoms with Crippen molar-refractivity contribution in [3.63, 3.8) is 0 Å². The Morgan fingerprint density at radius 1 is 1.40 bits per heavy atom. The maximum absolute atomic E-state index is 12.3. The number of hydrogen-bond acceptors (Lipinski definition) is 4. The van der Waals surface area contributed by atoms with Crippen LogP contribution in [0, 0.1) is 11.3 Å². The first-order chi connectivity index (χ1) is 9.47. The SMILES string of the molecule is N#Cc1cccc(C(=O)NC(CC(=O)O)C(=O)CF)c1. The van der Waals surface area contributed by atoms with Gasteiger partial charge in [0.1, 0.15) is 12.7 Å². The van der Waals surface area contributed by atoms with Crippen molar-refractivity contribution in [2.75, 3.05) is 6.67 Å². The van der Waals surface area contributed by atoms with Gasteiger partial charge in [-0.15, -0.1) is 0 Å². The second-order valence-electron chi connectivity index (χ2n) is 3.92. The van der Waals surface area contributed by atoms with E-state index in [0.29, 0.717) is 0 Å². The molecule has 7 heteroatoms. The maximum Gasteiger partial charge on any atom is 0.305 e. The number of nitriles is 1. The fourth-order valence-electron chi connectivity index (χ4n) is 1.48. The lowest BCUT2D eigenvalue weighted by Gasteiger charge is -2.14. The van der Waals surface area contributed by atoms with Crippen LogP contribution in [0.4, 0.5) is 4.39 Å². The van der Waals surface area contributed by atoms with Gasteiger partial charge >= 0.3 is 5.97 Å². The second-order valence-corrected chi connectivity index (χ2v) is 3.92. The molecule has 0 saturated carbocycles. The van der Waals surface area contributed by atoms with Crippen molar-refractivity contribution in [3.05, 3.63) is 35.4 Å². The van der Waals surface area contributed by atoms with E-state index in [1.165, 1.54) is 24.3 Å². The van der Waals surface area contributed by atoms with Gasteiger partial charge in [-0.3, -0.25) is 14.4 Å². The lowest BCUT2D eigenvalue weighted by Crippen LogP contribution is -2.43. The molecule has 104 valence electrons. The summed E-state index contributed by atoms with van der Waals surface area (Å²) in [5.41, 5.74) is 0.329. The fourth-order valence-corrected chi connectivity index (χ4v) is 1.48. The molecule has 20 heavy (non-hydrogen) atoms. The topological polar surface area (TPSA) is 107 Å². The van der Waals surface area contributed by atoms with Gasteiger partial charge in [0, 0.05) is 5.56 Å². The molecule has 0 spiro atoms. The van der Waals surface area contributed by atoms with Gasteiger partial charge < -0.3 is 10.4 Å². The smallest absolute Gasteiger partial charge is 0.305 e. The number of alkyl halides is 1.